The molecule has 0 aliphatic carbocycles. The lowest BCUT2D eigenvalue weighted by Gasteiger charge is -2.05. The fourth-order valence-electron chi connectivity index (χ4n) is 3.09. The van der Waals surface area contributed by atoms with E-state index in [0.717, 1.165) is 17.8 Å². The van der Waals surface area contributed by atoms with Crippen LogP contribution in [0.15, 0.2) is 35.5 Å². The van der Waals surface area contributed by atoms with Crippen molar-refractivity contribution in [3.63, 3.8) is 0 Å². The molecule has 0 amide bonds. The largest absolute Gasteiger partial charge is 0.417 e. The molecular weight excluding hydrogens is 391 g/mol. The Labute approximate surface area is 160 Å². The maximum atomic E-state index is 13.0. The van der Waals surface area contributed by atoms with Gasteiger partial charge in [0.05, 0.1) is 26.8 Å². The number of imidazole rings is 1. The first-order chi connectivity index (χ1) is 13.2. The van der Waals surface area contributed by atoms with Crippen molar-refractivity contribution in [3.8, 4) is 11.5 Å². The molecule has 0 radical (unpaired) electrons. The van der Waals surface area contributed by atoms with Gasteiger partial charge in [0.2, 0.25) is 0 Å². The third-order valence-corrected chi connectivity index (χ3v) is 5.87. The second-order valence-electron chi connectivity index (χ2n) is 6.40. The van der Waals surface area contributed by atoms with Gasteiger partial charge in [0.25, 0.3) is 0 Å². The minimum Gasteiger partial charge on any atom is -0.310 e. The quantitative estimate of drug-likeness (QED) is 0.519. The Morgan fingerprint density at radius 2 is 2.00 bits per heavy atom. The summed E-state index contributed by atoms with van der Waals surface area (Å²) in [5.41, 5.74) is 1.58. The van der Waals surface area contributed by atoms with Crippen molar-refractivity contribution >= 4 is 27.5 Å². The third kappa shape index (κ3) is 2.88. The predicted octanol–water partition coefficient (Wildman–Crippen LogP) is 3.74. The number of hydrogen-bond acceptors (Lipinski definition) is 4. The minimum absolute atomic E-state index is 0.105. The number of halogens is 3. The smallest absolute Gasteiger partial charge is 0.310 e. The zero-order valence-corrected chi connectivity index (χ0v) is 16.1. The molecule has 10 heteroatoms. The average molecular weight is 407 g/mol. The first-order valence-electron chi connectivity index (χ1n) is 8.48. The van der Waals surface area contributed by atoms with Crippen LogP contribution in [0.25, 0.3) is 28.2 Å². The van der Waals surface area contributed by atoms with E-state index in [4.69, 9.17) is 0 Å². The minimum atomic E-state index is -4.51. The highest BCUT2D eigenvalue weighted by Crippen LogP contribution is 2.33. The van der Waals surface area contributed by atoms with Gasteiger partial charge < -0.3 is 4.57 Å². The van der Waals surface area contributed by atoms with E-state index >= 15 is 0 Å². The van der Waals surface area contributed by atoms with Crippen LogP contribution >= 0.6 is 0 Å². The molecule has 0 spiro atoms. The van der Waals surface area contributed by atoms with Gasteiger partial charge in [0, 0.05) is 25.2 Å². The zero-order valence-electron chi connectivity index (χ0n) is 15.3. The highest BCUT2D eigenvalue weighted by atomic mass is 32.2. The van der Waals surface area contributed by atoms with E-state index in [1.165, 1.54) is 0 Å². The van der Waals surface area contributed by atoms with Crippen molar-refractivity contribution < 1.29 is 17.4 Å². The lowest BCUT2D eigenvalue weighted by molar-refractivity contribution is -0.137. The molecule has 146 valence electrons. The maximum absolute atomic E-state index is 13.0. The van der Waals surface area contributed by atoms with Crippen LogP contribution in [-0.4, -0.2) is 34.1 Å². The van der Waals surface area contributed by atoms with Crippen LogP contribution in [0.3, 0.4) is 0 Å². The maximum Gasteiger partial charge on any atom is 0.417 e. The highest BCUT2D eigenvalue weighted by Gasteiger charge is 2.32. The number of aryl methyl sites for hydroxylation is 2. The Balaban J connectivity index is 2.01. The van der Waals surface area contributed by atoms with Gasteiger partial charge in [0.1, 0.15) is 11.2 Å². The molecule has 0 N–H and O–H groups in total. The molecule has 0 bridgehead atoms. The standard InChI is InChI=1S/C18H16F3N5OS/c1-4-28(27)15-13-7-10(2)5-6-26(13)24-14(15)17-23-12-8-11(18(19,20)21)9-22-16(12)25(17)3/h5-9H,4H2,1-3H3. The molecule has 0 aliphatic heterocycles. The molecule has 0 fully saturated rings. The van der Waals surface area contributed by atoms with Gasteiger partial charge in [0.15, 0.2) is 11.5 Å². The lowest BCUT2D eigenvalue weighted by Crippen LogP contribution is -2.05. The summed E-state index contributed by atoms with van der Waals surface area (Å²) in [6, 6.07) is 4.71. The first-order valence-corrected chi connectivity index (χ1v) is 9.80. The number of alkyl halides is 3. The molecular formula is C18H16F3N5OS. The van der Waals surface area contributed by atoms with Crippen molar-refractivity contribution in [3.05, 3.63) is 41.7 Å². The number of hydrogen-bond donors (Lipinski definition) is 0. The predicted molar refractivity (Wildman–Crippen MR) is 99.4 cm³/mol. The van der Waals surface area contributed by atoms with Gasteiger partial charge in [-0.25, -0.2) is 14.5 Å². The van der Waals surface area contributed by atoms with Gasteiger partial charge in [-0.2, -0.15) is 18.3 Å². The van der Waals surface area contributed by atoms with Gasteiger partial charge >= 0.3 is 6.18 Å². The van der Waals surface area contributed by atoms with Crippen molar-refractivity contribution in [2.75, 3.05) is 5.75 Å². The van der Waals surface area contributed by atoms with Crippen molar-refractivity contribution in [2.45, 2.75) is 24.9 Å². The van der Waals surface area contributed by atoms with Gasteiger partial charge in [-0.15, -0.1) is 0 Å². The van der Waals surface area contributed by atoms with Crippen LogP contribution in [0.2, 0.25) is 0 Å². The van der Waals surface area contributed by atoms with Crippen LogP contribution in [0.1, 0.15) is 18.1 Å². The zero-order chi connectivity index (χ0) is 20.2. The molecule has 4 heterocycles. The normalized spacial score (nSPS) is 13.5. The van der Waals surface area contributed by atoms with Gasteiger partial charge in [-0.05, 0) is 30.7 Å². The molecule has 1 unspecified atom stereocenters. The average Bonchev–Trinajstić information content (AvgIpc) is 3.17. The van der Waals surface area contributed by atoms with E-state index in [9.17, 15) is 17.4 Å². The summed E-state index contributed by atoms with van der Waals surface area (Å²) in [6.07, 6.45) is -1.96. The molecule has 4 aromatic heterocycles. The fourth-order valence-corrected chi connectivity index (χ4v) is 4.11. The van der Waals surface area contributed by atoms with E-state index in [2.05, 4.69) is 15.1 Å². The van der Waals surface area contributed by atoms with Crippen LogP contribution in [0, 0.1) is 6.92 Å². The number of fused-ring (bicyclic) bond motifs is 2. The molecule has 6 nitrogen and oxygen atoms in total. The van der Waals surface area contributed by atoms with Crippen LogP contribution in [0.5, 0.6) is 0 Å². The number of nitrogens with zero attached hydrogens (tertiary/aromatic N) is 5. The van der Waals surface area contributed by atoms with Crippen LogP contribution in [-0.2, 0) is 24.0 Å². The molecule has 28 heavy (non-hydrogen) atoms. The van der Waals surface area contributed by atoms with Crippen molar-refractivity contribution in [1.82, 2.24) is 24.1 Å². The van der Waals surface area contributed by atoms with Crippen molar-refractivity contribution in [2.24, 2.45) is 7.05 Å². The summed E-state index contributed by atoms with van der Waals surface area (Å²) < 4.78 is 55.0. The van der Waals surface area contributed by atoms with E-state index in [1.54, 1.807) is 29.3 Å². The Kier molecular flexibility index (Phi) is 4.25. The van der Waals surface area contributed by atoms with Crippen LogP contribution in [0.4, 0.5) is 13.2 Å². The summed E-state index contributed by atoms with van der Waals surface area (Å²) in [5.74, 6) is 0.697. The van der Waals surface area contributed by atoms with E-state index in [-0.39, 0.29) is 5.52 Å². The highest BCUT2D eigenvalue weighted by molar-refractivity contribution is 7.85. The topological polar surface area (TPSA) is 65.1 Å². The second kappa shape index (κ2) is 6.40. The molecule has 0 saturated heterocycles. The molecule has 4 rings (SSSR count). The Hall–Kier alpha value is -2.75. The Bertz CT molecular complexity index is 1240. The van der Waals surface area contributed by atoms with Crippen LogP contribution < -0.4 is 0 Å². The van der Waals surface area contributed by atoms with Gasteiger partial charge in [-0.1, -0.05) is 6.92 Å². The number of aromatic nitrogens is 5. The number of pyridine rings is 2. The molecule has 0 saturated carbocycles. The summed E-state index contributed by atoms with van der Waals surface area (Å²) >= 11 is 0. The summed E-state index contributed by atoms with van der Waals surface area (Å²) in [5, 5.41) is 4.51. The second-order valence-corrected chi connectivity index (χ2v) is 8.08. The molecule has 4 aromatic rings. The van der Waals surface area contributed by atoms with Gasteiger partial charge in [-0.3, -0.25) is 4.21 Å². The third-order valence-electron chi connectivity index (χ3n) is 4.48. The summed E-state index contributed by atoms with van der Waals surface area (Å²) in [6.45, 7) is 3.72. The SMILES string of the molecule is CCS(=O)c1c(-c2nc3cc(C(F)(F)F)cnc3n2C)nn2ccc(C)cc12. The Morgan fingerprint density at radius 3 is 2.68 bits per heavy atom. The first kappa shape index (κ1) is 18.6. The van der Waals surface area contributed by atoms with Crippen molar-refractivity contribution in [1.29, 1.82) is 0 Å². The monoisotopic (exact) mass is 407 g/mol. The molecule has 1 atom stereocenters. The molecule has 0 aromatic carbocycles. The summed E-state index contributed by atoms with van der Waals surface area (Å²) in [4.78, 5) is 8.78. The van der Waals surface area contributed by atoms with E-state index in [0.29, 0.717) is 33.3 Å². The van der Waals surface area contributed by atoms with E-state index < -0.39 is 22.5 Å². The summed E-state index contributed by atoms with van der Waals surface area (Å²) in [7, 11) is 0.312. The lowest BCUT2D eigenvalue weighted by atomic mass is 10.2. The van der Waals surface area contributed by atoms with E-state index in [1.807, 2.05) is 19.1 Å². The molecule has 0 aliphatic rings. The Morgan fingerprint density at radius 1 is 1.25 bits per heavy atom. The fraction of sp³-hybridized carbons (Fsp3) is 0.278. The number of rotatable bonds is 3.